The van der Waals surface area contributed by atoms with Gasteiger partial charge in [-0.15, -0.1) is 24.8 Å². The molecule has 0 unspecified atom stereocenters. The second kappa shape index (κ2) is 12.6. The lowest BCUT2D eigenvalue weighted by Crippen LogP contribution is -2.17. The molecule has 0 saturated carbocycles. The predicted octanol–water partition coefficient (Wildman–Crippen LogP) is 5.51. The molecule has 0 atom stereocenters. The molecule has 0 aliphatic rings. The van der Waals surface area contributed by atoms with E-state index in [1.165, 1.54) is 12.3 Å². The highest BCUT2D eigenvalue weighted by molar-refractivity contribution is 5.99. The second-order valence-corrected chi connectivity index (χ2v) is 8.18. The Labute approximate surface area is 211 Å². The Morgan fingerprint density at radius 3 is 2.32 bits per heavy atom. The minimum absolute atomic E-state index is 0. The van der Waals surface area contributed by atoms with Gasteiger partial charge in [0.2, 0.25) is 0 Å². The maximum atomic E-state index is 13.2. The fourth-order valence-electron chi connectivity index (χ4n) is 3.71. The van der Waals surface area contributed by atoms with Crippen LogP contribution in [0.5, 0.6) is 0 Å². The van der Waals surface area contributed by atoms with E-state index >= 15 is 0 Å². The quantitative estimate of drug-likeness (QED) is 0.385. The summed E-state index contributed by atoms with van der Waals surface area (Å²) < 4.78 is 10.7. The topological polar surface area (TPSA) is 116 Å². The van der Waals surface area contributed by atoms with Crippen LogP contribution >= 0.6 is 24.8 Å². The second-order valence-electron chi connectivity index (χ2n) is 8.18. The summed E-state index contributed by atoms with van der Waals surface area (Å²) in [4.78, 5) is 29.2. The van der Waals surface area contributed by atoms with Gasteiger partial charge in [0.25, 0.3) is 0 Å². The van der Waals surface area contributed by atoms with E-state index in [1.54, 1.807) is 6.92 Å². The number of pyridine rings is 1. The first-order valence-corrected chi connectivity index (χ1v) is 10.5. The molecule has 3 aromatic rings. The van der Waals surface area contributed by atoms with Gasteiger partial charge in [0.15, 0.2) is 12.4 Å². The number of nitrogens with two attached hydrogens (primary N) is 1. The van der Waals surface area contributed by atoms with E-state index in [0.717, 1.165) is 28.8 Å². The zero-order valence-corrected chi connectivity index (χ0v) is 21.2. The minimum Gasteiger partial charge on any atom is -0.478 e. The molecule has 184 valence electrons. The number of carboxylic acid groups (broad SMARTS) is 1. The maximum Gasteiger partial charge on any atom is 0.341 e. The molecule has 0 spiro atoms. The van der Waals surface area contributed by atoms with E-state index in [9.17, 15) is 14.7 Å². The van der Waals surface area contributed by atoms with Gasteiger partial charge in [-0.3, -0.25) is 4.98 Å². The Hall–Kier alpha value is -2.87. The average molecular weight is 509 g/mol. The third-order valence-electron chi connectivity index (χ3n) is 5.22. The first-order valence-electron chi connectivity index (χ1n) is 10.5. The molecule has 0 aliphatic heterocycles. The number of furan rings is 1. The summed E-state index contributed by atoms with van der Waals surface area (Å²) in [5.41, 5.74) is 11.3. The van der Waals surface area contributed by atoms with Crippen LogP contribution in [0.2, 0.25) is 0 Å². The van der Waals surface area contributed by atoms with Gasteiger partial charge in [-0.1, -0.05) is 43.7 Å². The molecule has 7 nitrogen and oxygen atoms in total. The van der Waals surface area contributed by atoms with E-state index < -0.39 is 11.9 Å². The van der Waals surface area contributed by atoms with Gasteiger partial charge in [0.1, 0.15) is 5.56 Å². The highest BCUT2D eigenvalue weighted by Gasteiger charge is 2.25. The molecule has 3 rings (SSSR count). The van der Waals surface area contributed by atoms with Crippen LogP contribution in [-0.4, -0.2) is 22.0 Å². The zero-order chi connectivity index (χ0) is 23.4. The summed E-state index contributed by atoms with van der Waals surface area (Å²) in [5, 5.41) is 9.24. The maximum absolute atomic E-state index is 13.2. The summed E-state index contributed by atoms with van der Waals surface area (Å²) in [6.07, 6.45) is 1.99. The van der Waals surface area contributed by atoms with Gasteiger partial charge < -0.3 is 20.0 Å². The molecule has 3 N–H and O–H groups in total. The molecule has 0 radical (unpaired) electrons. The van der Waals surface area contributed by atoms with Gasteiger partial charge in [-0.2, -0.15) is 0 Å². The largest absolute Gasteiger partial charge is 0.478 e. The fraction of sp³-hybridized carbons (Fsp3) is 0.320. The highest BCUT2D eigenvalue weighted by Crippen LogP contribution is 2.33. The number of aromatic nitrogens is 1. The molecule has 0 aliphatic carbocycles. The number of carbonyl (C=O) groups excluding carboxylic acids is 1. The SMILES string of the molecule is Cc1ccc(-c2c(CN)c(CC(C)C)nc(C)c2C(=O)OCc2occc2C(=O)O)cc1.Cl.Cl. The molecule has 1 aromatic carbocycles. The summed E-state index contributed by atoms with van der Waals surface area (Å²) in [5.74, 6) is -1.32. The molecule has 34 heavy (non-hydrogen) atoms. The van der Waals surface area contributed by atoms with Crippen LogP contribution in [0.4, 0.5) is 0 Å². The number of carboxylic acids is 1. The molecule has 0 fully saturated rings. The molecule has 2 aromatic heterocycles. The predicted molar refractivity (Wildman–Crippen MR) is 135 cm³/mol. The number of aryl methyl sites for hydroxylation is 2. The van der Waals surface area contributed by atoms with Gasteiger partial charge in [0, 0.05) is 17.8 Å². The van der Waals surface area contributed by atoms with E-state index in [2.05, 4.69) is 13.8 Å². The van der Waals surface area contributed by atoms with Crippen molar-refractivity contribution in [2.75, 3.05) is 0 Å². The molecule has 0 amide bonds. The number of ether oxygens (including phenoxy) is 1. The van der Waals surface area contributed by atoms with Crippen molar-refractivity contribution >= 4 is 36.8 Å². The number of benzene rings is 1. The minimum atomic E-state index is -1.15. The first-order chi connectivity index (χ1) is 15.2. The first kappa shape index (κ1) is 29.2. The van der Waals surface area contributed by atoms with Crippen molar-refractivity contribution in [2.24, 2.45) is 11.7 Å². The van der Waals surface area contributed by atoms with Crippen LogP contribution in [0.25, 0.3) is 11.1 Å². The Morgan fingerprint density at radius 1 is 1.12 bits per heavy atom. The van der Waals surface area contributed by atoms with Gasteiger partial charge in [-0.25, -0.2) is 9.59 Å². The number of carbonyl (C=O) groups is 2. The van der Waals surface area contributed by atoms with Crippen LogP contribution in [0.1, 0.15) is 62.8 Å². The average Bonchev–Trinajstić information content (AvgIpc) is 3.21. The van der Waals surface area contributed by atoms with Crippen LogP contribution < -0.4 is 5.73 Å². The van der Waals surface area contributed by atoms with Crippen LogP contribution in [0.15, 0.2) is 41.0 Å². The third-order valence-corrected chi connectivity index (χ3v) is 5.22. The van der Waals surface area contributed by atoms with Gasteiger partial charge in [0.05, 0.1) is 17.5 Å². The Bertz CT molecular complexity index is 1140. The number of nitrogens with zero attached hydrogens (tertiary/aromatic N) is 1. The van der Waals surface area contributed by atoms with E-state index in [4.69, 9.17) is 19.9 Å². The van der Waals surface area contributed by atoms with E-state index in [1.807, 2.05) is 31.2 Å². The lowest BCUT2D eigenvalue weighted by molar-refractivity contribution is 0.0436. The zero-order valence-electron chi connectivity index (χ0n) is 19.6. The summed E-state index contributed by atoms with van der Waals surface area (Å²) in [6, 6.07) is 9.18. The van der Waals surface area contributed by atoms with E-state index in [-0.39, 0.29) is 49.3 Å². The van der Waals surface area contributed by atoms with Crippen LogP contribution in [0, 0.1) is 19.8 Å². The Morgan fingerprint density at radius 2 is 1.76 bits per heavy atom. The van der Waals surface area contributed by atoms with Crippen LogP contribution in [0.3, 0.4) is 0 Å². The number of hydrogen-bond donors (Lipinski definition) is 2. The fourth-order valence-corrected chi connectivity index (χ4v) is 3.71. The van der Waals surface area contributed by atoms with Gasteiger partial charge in [-0.05, 0) is 43.4 Å². The normalized spacial score (nSPS) is 10.4. The van der Waals surface area contributed by atoms with Crippen molar-refractivity contribution in [1.29, 1.82) is 0 Å². The number of rotatable bonds is 8. The Balaban J connectivity index is 0.00000289. The van der Waals surface area contributed by atoms with Crippen molar-refractivity contribution < 1.29 is 23.8 Å². The molecule has 0 saturated heterocycles. The van der Waals surface area contributed by atoms with Crippen molar-refractivity contribution in [3.8, 4) is 11.1 Å². The molecular weight excluding hydrogens is 479 g/mol. The van der Waals surface area contributed by atoms with Crippen molar-refractivity contribution in [2.45, 2.75) is 47.3 Å². The number of aromatic carboxylic acids is 1. The van der Waals surface area contributed by atoms with Crippen molar-refractivity contribution in [1.82, 2.24) is 4.98 Å². The summed E-state index contributed by atoms with van der Waals surface area (Å²) in [7, 11) is 0. The smallest absolute Gasteiger partial charge is 0.341 e. The molecule has 0 bridgehead atoms. The summed E-state index contributed by atoms with van der Waals surface area (Å²) in [6.45, 7) is 7.90. The number of esters is 1. The van der Waals surface area contributed by atoms with Crippen LogP contribution in [-0.2, 0) is 24.3 Å². The van der Waals surface area contributed by atoms with Crippen molar-refractivity contribution in [3.63, 3.8) is 0 Å². The Kier molecular flexibility index (Phi) is 10.8. The van der Waals surface area contributed by atoms with E-state index in [0.29, 0.717) is 22.7 Å². The molecule has 9 heteroatoms. The lowest BCUT2D eigenvalue weighted by Gasteiger charge is -2.20. The number of halogens is 2. The highest BCUT2D eigenvalue weighted by atomic mass is 35.5. The monoisotopic (exact) mass is 508 g/mol. The lowest BCUT2D eigenvalue weighted by atomic mass is 9.90. The molecular formula is C25H30Cl2N2O5. The summed E-state index contributed by atoms with van der Waals surface area (Å²) >= 11 is 0. The number of hydrogen-bond acceptors (Lipinski definition) is 6. The molecule has 2 heterocycles. The third kappa shape index (κ3) is 6.38. The van der Waals surface area contributed by atoms with Gasteiger partial charge >= 0.3 is 11.9 Å². The van der Waals surface area contributed by atoms with Crippen molar-refractivity contribution in [3.05, 3.63) is 76.0 Å². The standard InChI is InChI=1S/C25H28N2O5.2ClH/c1-14(2)11-20-19(12-26)23(17-7-5-15(3)6-8-17)22(16(4)27-20)25(30)32-13-21-18(24(28)29)9-10-31-21;;/h5-10,14H,11-13,26H2,1-4H3,(H,28,29);2*1H.